The molecule has 0 saturated carbocycles. The lowest BCUT2D eigenvalue weighted by Crippen LogP contribution is -2.25. The second-order valence-electron chi connectivity index (χ2n) is 5.73. The van der Waals surface area contributed by atoms with E-state index in [1.807, 2.05) is 0 Å². The van der Waals surface area contributed by atoms with Crippen LogP contribution < -0.4 is 5.32 Å². The highest BCUT2D eigenvalue weighted by atomic mass is 127. The number of hydrogen-bond donors (Lipinski definition) is 1. The van der Waals surface area contributed by atoms with Crippen molar-refractivity contribution in [3.63, 3.8) is 0 Å². The van der Waals surface area contributed by atoms with E-state index in [4.69, 9.17) is 0 Å². The number of rotatable bonds is 5. The molecule has 0 aromatic heterocycles. The number of aryl methyl sites for hydroxylation is 3. The van der Waals surface area contributed by atoms with Gasteiger partial charge >= 0.3 is 0 Å². The molecule has 0 aliphatic heterocycles. The summed E-state index contributed by atoms with van der Waals surface area (Å²) in [6, 6.07) is 13.6. The van der Waals surface area contributed by atoms with Crippen LogP contribution in [-0.4, -0.2) is 6.54 Å². The van der Waals surface area contributed by atoms with Crippen LogP contribution in [0.2, 0.25) is 0 Å². The van der Waals surface area contributed by atoms with Gasteiger partial charge in [0.25, 0.3) is 0 Å². The molecule has 2 heteroatoms. The minimum atomic E-state index is 0.275. The first kappa shape index (κ1) is 16.5. The topological polar surface area (TPSA) is 12.0 Å². The third kappa shape index (κ3) is 3.86. The van der Waals surface area contributed by atoms with Crippen LogP contribution in [0.4, 0.5) is 0 Å². The smallest absolute Gasteiger partial charge is 0.0589 e. The molecule has 0 saturated heterocycles. The minimum absolute atomic E-state index is 0.275. The van der Waals surface area contributed by atoms with Gasteiger partial charge in [-0.15, -0.1) is 0 Å². The van der Waals surface area contributed by atoms with E-state index in [9.17, 15) is 0 Å². The van der Waals surface area contributed by atoms with Crippen molar-refractivity contribution in [3.05, 3.63) is 67.8 Å². The zero-order chi connectivity index (χ0) is 15.4. The zero-order valence-electron chi connectivity index (χ0n) is 13.3. The maximum atomic E-state index is 3.73. The summed E-state index contributed by atoms with van der Waals surface area (Å²) in [5.74, 6) is 0. The Morgan fingerprint density at radius 3 is 2.43 bits per heavy atom. The van der Waals surface area contributed by atoms with Crippen molar-refractivity contribution >= 4 is 22.6 Å². The second kappa shape index (κ2) is 7.41. The maximum Gasteiger partial charge on any atom is 0.0589 e. The molecule has 1 N–H and O–H groups in total. The van der Waals surface area contributed by atoms with Crippen molar-refractivity contribution in [1.82, 2.24) is 5.32 Å². The molecule has 21 heavy (non-hydrogen) atoms. The quantitative estimate of drug-likeness (QED) is 0.680. The zero-order valence-corrected chi connectivity index (χ0v) is 15.5. The molecule has 0 heterocycles. The molecular formula is C19H24IN. The monoisotopic (exact) mass is 393 g/mol. The summed E-state index contributed by atoms with van der Waals surface area (Å²) in [4.78, 5) is 0. The predicted molar refractivity (Wildman–Crippen MR) is 99.9 cm³/mol. The highest BCUT2D eigenvalue weighted by Crippen LogP contribution is 2.30. The summed E-state index contributed by atoms with van der Waals surface area (Å²) in [6.07, 6.45) is 1.14. The van der Waals surface area contributed by atoms with Crippen molar-refractivity contribution < 1.29 is 0 Å². The van der Waals surface area contributed by atoms with Gasteiger partial charge < -0.3 is 5.32 Å². The van der Waals surface area contributed by atoms with Crippen molar-refractivity contribution in [2.24, 2.45) is 0 Å². The fourth-order valence-electron chi connectivity index (χ4n) is 2.72. The van der Waals surface area contributed by atoms with Gasteiger partial charge in [0.1, 0.15) is 0 Å². The van der Waals surface area contributed by atoms with Crippen LogP contribution in [0.5, 0.6) is 0 Å². The van der Waals surface area contributed by atoms with Crippen LogP contribution in [-0.2, 0) is 0 Å². The molecular weight excluding hydrogens is 369 g/mol. The Kier molecular flexibility index (Phi) is 5.82. The standard InChI is InChI=1S/C19H24IN/c1-5-11-21-19(16-10-9-13(2)12-15(16)4)17-8-6-7-14(3)18(17)20/h6-10,12,19,21H,5,11H2,1-4H3. The molecule has 0 radical (unpaired) electrons. The lowest BCUT2D eigenvalue weighted by atomic mass is 9.93. The van der Waals surface area contributed by atoms with Crippen molar-refractivity contribution in [2.45, 2.75) is 40.2 Å². The Balaban J connectivity index is 2.49. The van der Waals surface area contributed by atoms with Crippen LogP contribution in [0.3, 0.4) is 0 Å². The van der Waals surface area contributed by atoms with Crippen molar-refractivity contribution in [1.29, 1.82) is 0 Å². The van der Waals surface area contributed by atoms with Crippen LogP contribution >= 0.6 is 22.6 Å². The van der Waals surface area contributed by atoms with Gasteiger partial charge in [-0.25, -0.2) is 0 Å². The fourth-order valence-corrected chi connectivity index (χ4v) is 3.39. The van der Waals surface area contributed by atoms with Crippen LogP contribution in [0, 0.1) is 24.3 Å². The average Bonchev–Trinajstić information content (AvgIpc) is 2.45. The predicted octanol–water partition coefficient (Wildman–Crippen LogP) is 5.31. The normalized spacial score (nSPS) is 12.4. The van der Waals surface area contributed by atoms with Gasteiger partial charge in [-0.2, -0.15) is 0 Å². The first-order valence-electron chi connectivity index (χ1n) is 7.60. The van der Waals surface area contributed by atoms with E-state index in [-0.39, 0.29) is 6.04 Å². The van der Waals surface area contributed by atoms with Gasteiger partial charge in [-0.1, -0.05) is 48.9 Å². The van der Waals surface area contributed by atoms with Crippen LogP contribution in [0.25, 0.3) is 0 Å². The first-order chi connectivity index (χ1) is 10.0. The Hall–Kier alpha value is -0.870. The van der Waals surface area contributed by atoms with E-state index in [1.165, 1.54) is 31.4 Å². The summed E-state index contributed by atoms with van der Waals surface area (Å²) in [6.45, 7) is 9.80. The Morgan fingerprint density at radius 1 is 1.00 bits per heavy atom. The SMILES string of the molecule is CCCNC(c1ccc(C)cc1C)c1cccc(C)c1I. The molecule has 0 amide bonds. The molecule has 0 bridgehead atoms. The lowest BCUT2D eigenvalue weighted by molar-refractivity contribution is 0.594. The van der Waals surface area contributed by atoms with E-state index in [0.717, 1.165) is 13.0 Å². The third-order valence-corrected chi connectivity index (χ3v) is 5.34. The molecule has 0 spiro atoms. The molecule has 0 aliphatic rings. The van der Waals surface area contributed by atoms with Gasteiger partial charge in [-0.3, -0.25) is 0 Å². The van der Waals surface area contributed by atoms with Gasteiger partial charge in [0.2, 0.25) is 0 Å². The van der Waals surface area contributed by atoms with Crippen molar-refractivity contribution in [2.75, 3.05) is 6.54 Å². The van der Waals surface area contributed by atoms with E-state index < -0.39 is 0 Å². The second-order valence-corrected chi connectivity index (χ2v) is 6.80. The van der Waals surface area contributed by atoms with E-state index in [2.05, 4.69) is 92.0 Å². The van der Waals surface area contributed by atoms with Gasteiger partial charge in [0.05, 0.1) is 6.04 Å². The number of hydrogen-bond acceptors (Lipinski definition) is 1. The Bertz CT molecular complexity index is 619. The van der Waals surface area contributed by atoms with Crippen LogP contribution in [0.15, 0.2) is 36.4 Å². The first-order valence-corrected chi connectivity index (χ1v) is 8.68. The van der Waals surface area contributed by atoms with E-state index in [0.29, 0.717) is 0 Å². The Labute approximate surface area is 142 Å². The largest absolute Gasteiger partial charge is 0.306 e. The number of nitrogens with one attached hydrogen (secondary N) is 1. The summed E-state index contributed by atoms with van der Waals surface area (Å²) in [7, 11) is 0. The molecule has 2 aromatic carbocycles. The molecule has 0 aliphatic carbocycles. The lowest BCUT2D eigenvalue weighted by Gasteiger charge is -2.23. The van der Waals surface area contributed by atoms with Gasteiger partial charge in [-0.05, 0) is 78.6 Å². The van der Waals surface area contributed by atoms with Crippen LogP contribution in [0.1, 0.15) is 47.2 Å². The maximum absolute atomic E-state index is 3.73. The molecule has 112 valence electrons. The summed E-state index contributed by atoms with van der Waals surface area (Å²) >= 11 is 2.48. The average molecular weight is 393 g/mol. The molecule has 2 aromatic rings. The highest BCUT2D eigenvalue weighted by Gasteiger charge is 2.18. The molecule has 1 unspecified atom stereocenters. The number of benzene rings is 2. The summed E-state index contributed by atoms with van der Waals surface area (Å²) in [5, 5.41) is 3.73. The fraction of sp³-hybridized carbons (Fsp3) is 0.368. The van der Waals surface area contributed by atoms with Gasteiger partial charge in [0, 0.05) is 3.57 Å². The van der Waals surface area contributed by atoms with E-state index >= 15 is 0 Å². The molecule has 1 atom stereocenters. The third-order valence-electron chi connectivity index (χ3n) is 3.87. The van der Waals surface area contributed by atoms with E-state index in [1.54, 1.807) is 0 Å². The molecule has 2 rings (SSSR count). The molecule has 0 fully saturated rings. The Morgan fingerprint density at radius 2 is 1.76 bits per heavy atom. The highest BCUT2D eigenvalue weighted by molar-refractivity contribution is 14.1. The minimum Gasteiger partial charge on any atom is -0.306 e. The van der Waals surface area contributed by atoms with Gasteiger partial charge in [0.15, 0.2) is 0 Å². The van der Waals surface area contributed by atoms with Crippen molar-refractivity contribution in [3.8, 4) is 0 Å². The summed E-state index contributed by atoms with van der Waals surface area (Å²) < 4.78 is 1.36. The number of halogens is 1. The summed E-state index contributed by atoms with van der Waals surface area (Å²) in [5.41, 5.74) is 6.81. The molecule has 1 nitrogen and oxygen atoms in total.